The average molecular weight is 412 g/mol. The number of anilines is 3. The number of imidazole rings is 1. The summed E-state index contributed by atoms with van der Waals surface area (Å²) in [4.78, 5) is 12.7. The number of hydrogen-bond donors (Lipinski definition) is 2. The Bertz CT molecular complexity index is 869. The van der Waals surface area contributed by atoms with E-state index in [2.05, 4.69) is 41.5 Å². The second kappa shape index (κ2) is 7.14. The summed E-state index contributed by atoms with van der Waals surface area (Å²) in [6.45, 7) is 0.563. The minimum atomic E-state index is -0.475. The fraction of sp³-hybridized carbons (Fsp3) is 0.133. The van der Waals surface area contributed by atoms with Crippen molar-refractivity contribution in [2.45, 2.75) is 6.54 Å². The van der Waals surface area contributed by atoms with Crippen molar-refractivity contribution in [1.82, 2.24) is 19.5 Å². The van der Waals surface area contributed by atoms with Crippen molar-refractivity contribution in [2.75, 3.05) is 10.6 Å². The fourth-order valence-electron chi connectivity index (χ4n) is 1.98. The monoisotopic (exact) mass is 410 g/mol. The molecule has 0 atom stereocenters. The highest BCUT2D eigenvalue weighted by Gasteiger charge is 2.08. The van der Waals surface area contributed by atoms with Gasteiger partial charge in [0.25, 0.3) is 0 Å². The number of aryl methyl sites for hydroxylation is 1. The van der Waals surface area contributed by atoms with Crippen molar-refractivity contribution in [2.24, 2.45) is 7.05 Å². The lowest BCUT2D eigenvalue weighted by molar-refractivity contribution is 0.628. The number of halogens is 3. The topological polar surface area (TPSA) is 67.7 Å². The van der Waals surface area contributed by atoms with E-state index in [4.69, 9.17) is 11.6 Å². The van der Waals surface area contributed by atoms with Gasteiger partial charge >= 0.3 is 0 Å². The van der Waals surface area contributed by atoms with Crippen molar-refractivity contribution in [3.8, 4) is 0 Å². The van der Waals surface area contributed by atoms with E-state index in [1.165, 1.54) is 12.1 Å². The van der Waals surface area contributed by atoms with Gasteiger partial charge < -0.3 is 15.2 Å². The molecule has 0 fully saturated rings. The predicted molar refractivity (Wildman–Crippen MR) is 95.0 cm³/mol. The van der Waals surface area contributed by atoms with E-state index in [0.717, 1.165) is 10.2 Å². The van der Waals surface area contributed by atoms with Crippen LogP contribution >= 0.6 is 27.5 Å². The Balaban J connectivity index is 1.75. The molecule has 0 spiro atoms. The molecule has 1 aromatic carbocycles. The highest BCUT2D eigenvalue weighted by atomic mass is 79.9. The van der Waals surface area contributed by atoms with Crippen LogP contribution in [0.1, 0.15) is 5.69 Å². The lowest BCUT2D eigenvalue weighted by atomic mass is 10.3. The van der Waals surface area contributed by atoms with Crippen LogP contribution in [-0.4, -0.2) is 19.5 Å². The first-order valence-electron chi connectivity index (χ1n) is 6.96. The zero-order valence-electron chi connectivity index (χ0n) is 12.6. The van der Waals surface area contributed by atoms with E-state index in [1.807, 2.05) is 11.6 Å². The van der Waals surface area contributed by atoms with Crippen LogP contribution in [0.15, 0.2) is 41.4 Å². The molecule has 3 rings (SSSR count). The third kappa shape index (κ3) is 3.82. The number of aromatic nitrogens is 4. The lowest BCUT2D eigenvalue weighted by Crippen LogP contribution is -2.07. The fourth-order valence-corrected chi connectivity index (χ4v) is 2.50. The molecule has 9 heteroatoms. The Morgan fingerprint density at radius 3 is 2.88 bits per heavy atom. The summed E-state index contributed by atoms with van der Waals surface area (Å²) in [5, 5.41) is 6.24. The zero-order valence-corrected chi connectivity index (χ0v) is 14.9. The summed E-state index contributed by atoms with van der Waals surface area (Å²) in [5.41, 5.74) is 1.61. The average Bonchev–Trinajstić information content (AvgIpc) is 2.96. The summed E-state index contributed by atoms with van der Waals surface area (Å²) < 4.78 is 15.9. The van der Waals surface area contributed by atoms with Gasteiger partial charge in [-0.1, -0.05) is 11.6 Å². The number of benzene rings is 1. The molecule has 3 aromatic rings. The van der Waals surface area contributed by atoms with Gasteiger partial charge in [-0.05, 0) is 34.1 Å². The number of rotatable bonds is 5. The van der Waals surface area contributed by atoms with Gasteiger partial charge in [0.1, 0.15) is 11.6 Å². The van der Waals surface area contributed by atoms with Gasteiger partial charge in [0.2, 0.25) is 5.95 Å². The van der Waals surface area contributed by atoms with Gasteiger partial charge in [-0.15, -0.1) is 0 Å². The third-order valence-electron chi connectivity index (χ3n) is 3.27. The van der Waals surface area contributed by atoms with Crippen molar-refractivity contribution in [1.29, 1.82) is 0 Å². The Labute approximate surface area is 151 Å². The zero-order chi connectivity index (χ0) is 17.1. The van der Waals surface area contributed by atoms with Crippen LogP contribution < -0.4 is 10.6 Å². The normalized spacial score (nSPS) is 10.7. The summed E-state index contributed by atoms with van der Waals surface area (Å²) in [7, 11) is 1.92. The Morgan fingerprint density at radius 1 is 1.33 bits per heavy atom. The standard InChI is InChI=1S/C15H13BrClFN6/c1-24-8-19-5-10(24)6-20-14-11(16)7-21-15(23-14)22-9-2-3-13(18)12(17)4-9/h2-5,7-8H,6H2,1H3,(H2,20,21,22,23). The highest BCUT2D eigenvalue weighted by molar-refractivity contribution is 9.10. The molecule has 0 amide bonds. The second-order valence-corrected chi connectivity index (χ2v) is 6.26. The van der Waals surface area contributed by atoms with Crippen LogP contribution in [0.4, 0.5) is 21.8 Å². The van der Waals surface area contributed by atoms with Gasteiger partial charge in [0.05, 0.1) is 28.1 Å². The molecule has 0 bridgehead atoms. The molecule has 24 heavy (non-hydrogen) atoms. The molecule has 124 valence electrons. The van der Waals surface area contributed by atoms with E-state index < -0.39 is 5.82 Å². The number of nitrogens with zero attached hydrogens (tertiary/aromatic N) is 4. The summed E-state index contributed by atoms with van der Waals surface area (Å²) in [6, 6.07) is 4.32. The van der Waals surface area contributed by atoms with E-state index in [9.17, 15) is 4.39 Å². The minimum absolute atomic E-state index is 0.0340. The molecule has 0 unspecified atom stereocenters. The van der Waals surface area contributed by atoms with Crippen LogP contribution in [0.25, 0.3) is 0 Å². The first kappa shape index (κ1) is 16.7. The van der Waals surface area contributed by atoms with Crippen LogP contribution in [0.3, 0.4) is 0 Å². The summed E-state index contributed by atoms with van der Waals surface area (Å²) in [6.07, 6.45) is 5.14. The third-order valence-corrected chi connectivity index (χ3v) is 4.14. The van der Waals surface area contributed by atoms with Gasteiger partial charge in [0.15, 0.2) is 0 Å². The van der Waals surface area contributed by atoms with Crippen molar-refractivity contribution >= 4 is 45.0 Å². The molecule has 2 heterocycles. The minimum Gasteiger partial charge on any atom is -0.363 e. The van der Waals surface area contributed by atoms with Crippen molar-refractivity contribution < 1.29 is 4.39 Å². The molecule has 0 aliphatic carbocycles. The molecule has 0 saturated heterocycles. The molecule has 0 aliphatic rings. The molecule has 2 N–H and O–H groups in total. The van der Waals surface area contributed by atoms with E-state index in [1.54, 1.807) is 24.8 Å². The maximum absolute atomic E-state index is 13.2. The molecule has 6 nitrogen and oxygen atoms in total. The largest absolute Gasteiger partial charge is 0.363 e. The smallest absolute Gasteiger partial charge is 0.229 e. The molecule has 0 aliphatic heterocycles. The van der Waals surface area contributed by atoms with Crippen LogP contribution in [0.2, 0.25) is 5.02 Å². The van der Waals surface area contributed by atoms with Crippen LogP contribution in [-0.2, 0) is 13.6 Å². The predicted octanol–water partition coefficient (Wildman–Crippen LogP) is 4.12. The molecule has 0 radical (unpaired) electrons. The maximum atomic E-state index is 13.2. The molecular formula is C15H13BrClFN6. The van der Waals surface area contributed by atoms with E-state index >= 15 is 0 Å². The molecule has 0 saturated carbocycles. The quantitative estimate of drug-likeness (QED) is 0.661. The van der Waals surface area contributed by atoms with Gasteiger partial charge in [-0.2, -0.15) is 4.98 Å². The maximum Gasteiger partial charge on any atom is 0.229 e. The van der Waals surface area contributed by atoms with Gasteiger partial charge in [-0.25, -0.2) is 14.4 Å². The van der Waals surface area contributed by atoms with Crippen molar-refractivity contribution in [3.05, 3.63) is 57.9 Å². The van der Waals surface area contributed by atoms with Crippen LogP contribution in [0.5, 0.6) is 0 Å². The molecular weight excluding hydrogens is 399 g/mol. The first-order valence-corrected chi connectivity index (χ1v) is 8.13. The Kier molecular flexibility index (Phi) is 4.96. The number of nitrogens with one attached hydrogen (secondary N) is 2. The van der Waals surface area contributed by atoms with Gasteiger partial charge in [0, 0.05) is 25.1 Å². The Hall–Kier alpha value is -2.19. The Morgan fingerprint density at radius 2 is 2.17 bits per heavy atom. The first-order chi connectivity index (χ1) is 11.5. The number of hydrogen-bond acceptors (Lipinski definition) is 5. The lowest BCUT2D eigenvalue weighted by Gasteiger charge is -2.10. The van der Waals surface area contributed by atoms with Crippen LogP contribution in [0, 0.1) is 5.82 Å². The molecule has 2 aromatic heterocycles. The SMILES string of the molecule is Cn1cncc1CNc1nc(Nc2ccc(F)c(Cl)c2)ncc1Br. The van der Waals surface area contributed by atoms with Crippen molar-refractivity contribution in [3.63, 3.8) is 0 Å². The summed E-state index contributed by atoms with van der Waals surface area (Å²) in [5.74, 6) is 0.521. The van der Waals surface area contributed by atoms with E-state index in [-0.39, 0.29) is 5.02 Å². The van der Waals surface area contributed by atoms with E-state index in [0.29, 0.717) is 24.0 Å². The van der Waals surface area contributed by atoms with Gasteiger partial charge in [-0.3, -0.25) is 0 Å². The highest BCUT2D eigenvalue weighted by Crippen LogP contribution is 2.24. The summed E-state index contributed by atoms with van der Waals surface area (Å²) >= 11 is 9.19. The second-order valence-electron chi connectivity index (χ2n) is 4.99.